The third-order valence-corrected chi connectivity index (χ3v) is 5.20. The first-order valence-corrected chi connectivity index (χ1v) is 9.09. The first-order chi connectivity index (χ1) is 12.1. The number of nitrogens with zero attached hydrogens (tertiary/aromatic N) is 1. The highest BCUT2D eigenvalue weighted by Crippen LogP contribution is 2.37. The van der Waals surface area contributed by atoms with Crippen LogP contribution >= 0.6 is 11.3 Å². The average Bonchev–Trinajstić information content (AvgIpc) is 3.03. The second kappa shape index (κ2) is 7.64. The minimum absolute atomic E-state index is 0.115. The summed E-state index contributed by atoms with van der Waals surface area (Å²) in [6.45, 7) is 1.92. The van der Waals surface area contributed by atoms with E-state index in [1.165, 1.54) is 16.0 Å². The molecule has 1 amide bonds. The molecule has 2 aromatic heterocycles. The number of carbonyl (C=O) groups excluding carboxylic acids is 2. The number of hydrogen-bond acceptors (Lipinski definition) is 6. The van der Waals surface area contributed by atoms with E-state index in [-0.39, 0.29) is 19.1 Å². The summed E-state index contributed by atoms with van der Waals surface area (Å²) < 4.78 is 10.9. The van der Waals surface area contributed by atoms with E-state index in [1.807, 2.05) is 0 Å². The van der Waals surface area contributed by atoms with E-state index in [0.29, 0.717) is 10.6 Å². The Kier molecular flexibility index (Phi) is 5.32. The number of H-pyrrole nitrogens is 1. The Hall–Kier alpha value is -2.42. The van der Waals surface area contributed by atoms with Gasteiger partial charge >= 0.3 is 11.6 Å². The van der Waals surface area contributed by atoms with Gasteiger partial charge < -0.3 is 10.1 Å². The van der Waals surface area contributed by atoms with Gasteiger partial charge in [0.25, 0.3) is 18.6 Å². The Morgan fingerprint density at radius 1 is 1.36 bits per heavy atom. The van der Waals surface area contributed by atoms with Crippen LogP contribution in [0.5, 0.6) is 0 Å². The van der Waals surface area contributed by atoms with E-state index in [1.54, 1.807) is 6.92 Å². The number of ether oxygens (including phenoxy) is 1. The third kappa shape index (κ3) is 3.98. The zero-order chi connectivity index (χ0) is 17.8. The van der Waals surface area contributed by atoms with Crippen LogP contribution in [-0.2, 0) is 28.9 Å². The predicted octanol–water partition coefficient (Wildman–Crippen LogP) is 1.40. The van der Waals surface area contributed by atoms with Gasteiger partial charge in [-0.25, -0.2) is 9.59 Å². The molecule has 3 rings (SSSR count). The molecule has 0 fully saturated rings. The van der Waals surface area contributed by atoms with Gasteiger partial charge in [-0.3, -0.25) is 9.32 Å². The molecule has 0 spiro atoms. The summed E-state index contributed by atoms with van der Waals surface area (Å²) in [4.78, 5) is 36.8. The molecule has 2 N–H and O–H groups in total. The van der Waals surface area contributed by atoms with Crippen LogP contribution in [0.15, 0.2) is 15.5 Å². The number of thiophene rings is 1. The van der Waals surface area contributed by atoms with Gasteiger partial charge in [0.2, 0.25) is 0 Å². The zero-order valence-electron chi connectivity index (χ0n) is 13.9. The highest BCUT2D eigenvalue weighted by Gasteiger charge is 2.27. The maximum Gasteiger partial charge on any atom is 0.426 e. The molecular formula is C16H20N3O5S+. The lowest BCUT2D eigenvalue weighted by atomic mass is 10.1. The number of rotatable bonds is 5. The molecule has 1 aliphatic carbocycles. The molecule has 8 nitrogen and oxygen atoms in total. The van der Waals surface area contributed by atoms with Crippen LogP contribution in [0.2, 0.25) is 0 Å². The van der Waals surface area contributed by atoms with Gasteiger partial charge in [0.05, 0.1) is 12.2 Å². The molecule has 25 heavy (non-hydrogen) atoms. The van der Waals surface area contributed by atoms with Crippen LogP contribution in [0.3, 0.4) is 0 Å². The molecule has 134 valence electrons. The molecule has 0 aliphatic heterocycles. The highest BCUT2D eigenvalue weighted by molar-refractivity contribution is 7.17. The molecular weight excluding hydrogens is 346 g/mol. The second-order valence-electron chi connectivity index (χ2n) is 5.81. The van der Waals surface area contributed by atoms with Crippen molar-refractivity contribution in [3.8, 4) is 0 Å². The van der Waals surface area contributed by atoms with Gasteiger partial charge in [-0.05, 0) is 43.4 Å². The molecule has 0 unspecified atom stereocenters. The van der Waals surface area contributed by atoms with Gasteiger partial charge in [-0.2, -0.15) is 0 Å². The Balaban J connectivity index is 1.85. The van der Waals surface area contributed by atoms with Gasteiger partial charge in [-0.15, -0.1) is 11.3 Å². The lowest BCUT2D eigenvalue weighted by molar-refractivity contribution is -0.750. The summed E-state index contributed by atoms with van der Waals surface area (Å²) in [6.07, 6.45) is 6.11. The van der Waals surface area contributed by atoms with E-state index in [9.17, 15) is 14.4 Å². The number of hydrogen-bond donors (Lipinski definition) is 2. The Morgan fingerprint density at radius 2 is 2.16 bits per heavy atom. The van der Waals surface area contributed by atoms with Crippen LogP contribution in [-0.4, -0.2) is 23.8 Å². The van der Waals surface area contributed by atoms with Gasteiger partial charge in [0.1, 0.15) is 5.00 Å². The standard InChI is InChI=1S/C16H19N3O5S/c1-2-23-16(22)14-10-6-4-3-5-7-11(10)25-15(14)17-12(20)8-19-9-13(21)24-18-19/h9H,2-8H2,1H3,(H-,17,18,20,21,22)/p+1. The van der Waals surface area contributed by atoms with E-state index < -0.39 is 11.6 Å². The molecule has 0 saturated carbocycles. The van der Waals surface area contributed by atoms with Crippen LogP contribution in [0.25, 0.3) is 0 Å². The number of anilines is 1. The molecule has 2 aromatic rings. The van der Waals surface area contributed by atoms with Gasteiger partial charge in [0, 0.05) is 4.88 Å². The zero-order valence-corrected chi connectivity index (χ0v) is 14.7. The smallest absolute Gasteiger partial charge is 0.426 e. The Morgan fingerprint density at radius 3 is 2.88 bits per heavy atom. The van der Waals surface area contributed by atoms with Crippen molar-refractivity contribution < 1.29 is 23.5 Å². The number of nitrogens with one attached hydrogen (secondary N) is 2. The van der Waals surface area contributed by atoms with E-state index in [0.717, 1.165) is 48.7 Å². The fourth-order valence-corrected chi connectivity index (χ4v) is 4.23. The lowest BCUT2D eigenvalue weighted by Gasteiger charge is -2.07. The number of aromatic nitrogens is 2. The minimum atomic E-state index is -0.567. The monoisotopic (exact) mass is 366 g/mol. The topological polar surface area (TPSA) is 105 Å². The van der Waals surface area contributed by atoms with Crippen LogP contribution in [0, 0.1) is 0 Å². The summed E-state index contributed by atoms with van der Waals surface area (Å²) in [7, 11) is 0. The van der Waals surface area contributed by atoms with Crippen molar-refractivity contribution in [2.24, 2.45) is 0 Å². The molecule has 0 saturated heterocycles. The molecule has 0 atom stereocenters. The van der Waals surface area contributed by atoms with Crippen molar-refractivity contribution in [1.82, 2.24) is 5.27 Å². The van der Waals surface area contributed by atoms with Crippen LogP contribution < -0.4 is 15.6 Å². The number of amides is 1. The van der Waals surface area contributed by atoms with Crippen LogP contribution in [0.1, 0.15) is 47.0 Å². The second-order valence-corrected chi connectivity index (χ2v) is 6.91. The van der Waals surface area contributed by atoms with Crippen molar-refractivity contribution >= 4 is 28.2 Å². The molecule has 0 radical (unpaired) electrons. The number of carbonyl (C=O) groups is 2. The Labute approximate surface area is 147 Å². The average molecular weight is 366 g/mol. The molecule has 0 bridgehead atoms. The fraction of sp³-hybridized carbons (Fsp3) is 0.500. The third-order valence-electron chi connectivity index (χ3n) is 3.99. The van der Waals surface area contributed by atoms with Crippen molar-refractivity contribution in [3.05, 3.63) is 32.6 Å². The van der Waals surface area contributed by atoms with E-state index >= 15 is 0 Å². The molecule has 0 aromatic carbocycles. The largest absolute Gasteiger partial charge is 0.462 e. The van der Waals surface area contributed by atoms with E-state index in [4.69, 9.17) is 4.74 Å². The summed E-state index contributed by atoms with van der Waals surface area (Å²) in [6, 6.07) is 0. The van der Waals surface area contributed by atoms with Crippen molar-refractivity contribution in [2.75, 3.05) is 11.9 Å². The maximum atomic E-state index is 12.4. The SMILES string of the molecule is CCOC(=O)c1c(NC(=O)C[n+]2cc(=O)o[nH]2)sc2c1CCCCC2. The molecule has 1 aliphatic rings. The normalized spacial score (nSPS) is 13.8. The Bertz CT molecular complexity index is 835. The van der Waals surface area contributed by atoms with Gasteiger partial charge in [0.15, 0.2) is 0 Å². The fourth-order valence-electron chi connectivity index (χ4n) is 2.93. The van der Waals surface area contributed by atoms with Crippen molar-refractivity contribution in [1.29, 1.82) is 0 Å². The molecule has 9 heteroatoms. The first-order valence-electron chi connectivity index (χ1n) is 8.28. The summed E-state index contributed by atoms with van der Waals surface area (Å²) >= 11 is 1.44. The maximum absolute atomic E-state index is 12.4. The van der Waals surface area contributed by atoms with Crippen molar-refractivity contribution in [3.63, 3.8) is 0 Å². The number of fused-ring (bicyclic) bond motifs is 1. The van der Waals surface area contributed by atoms with Crippen LogP contribution in [0.4, 0.5) is 5.00 Å². The van der Waals surface area contributed by atoms with Crippen molar-refractivity contribution in [2.45, 2.75) is 45.6 Å². The predicted molar refractivity (Wildman–Crippen MR) is 89.7 cm³/mol. The van der Waals surface area contributed by atoms with Gasteiger partial charge in [-0.1, -0.05) is 11.1 Å². The highest BCUT2D eigenvalue weighted by atomic mass is 32.1. The number of aryl methyl sites for hydroxylation is 1. The number of aromatic amines is 1. The summed E-state index contributed by atoms with van der Waals surface area (Å²) in [5.74, 6) is -0.759. The summed E-state index contributed by atoms with van der Waals surface area (Å²) in [5, 5.41) is 5.61. The molecule has 2 heterocycles. The first kappa shape index (κ1) is 17.4. The lowest BCUT2D eigenvalue weighted by Crippen LogP contribution is -2.41. The minimum Gasteiger partial charge on any atom is -0.462 e. The number of esters is 1. The summed E-state index contributed by atoms with van der Waals surface area (Å²) in [5.41, 5.74) is 0.909. The quantitative estimate of drug-likeness (QED) is 0.473. The van der Waals surface area contributed by atoms with E-state index in [2.05, 4.69) is 15.1 Å².